The van der Waals surface area contributed by atoms with Crippen molar-refractivity contribution in [3.8, 4) is 11.3 Å². The molecule has 1 saturated heterocycles. The van der Waals surface area contributed by atoms with Gasteiger partial charge in [-0.05, 0) is 72.4 Å². The van der Waals surface area contributed by atoms with E-state index in [0.29, 0.717) is 46.5 Å². The second kappa shape index (κ2) is 11.6. The average molecular weight is 583 g/mol. The van der Waals surface area contributed by atoms with Gasteiger partial charge in [-0.3, -0.25) is 9.78 Å². The highest BCUT2D eigenvalue weighted by Gasteiger charge is 2.33. The third-order valence-corrected chi connectivity index (χ3v) is 9.89. The molecule has 0 unspecified atom stereocenters. The molecule has 1 amide bonds. The lowest BCUT2D eigenvalue weighted by Gasteiger charge is -2.34. The smallest absolute Gasteiger partial charge is 0.255 e. The number of sulfonamides is 1. The van der Waals surface area contributed by atoms with E-state index < -0.39 is 10.0 Å². The van der Waals surface area contributed by atoms with Gasteiger partial charge in [-0.2, -0.15) is 0 Å². The molecule has 0 radical (unpaired) electrons. The number of aromatic nitrogens is 1. The zero-order chi connectivity index (χ0) is 28.4. The normalized spacial score (nSPS) is 16.2. The molecule has 0 aliphatic carbocycles. The molecule has 1 atom stereocenters. The summed E-state index contributed by atoms with van der Waals surface area (Å²) in [5.41, 5.74) is 4.01. The van der Waals surface area contributed by atoms with Gasteiger partial charge in [0.2, 0.25) is 10.0 Å². The van der Waals surface area contributed by atoms with E-state index in [1.807, 2.05) is 29.7 Å². The Morgan fingerprint density at radius 3 is 2.60 bits per heavy atom. The van der Waals surface area contributed by atoms with E-state index in [1.165, 1.54) is 24.1 Å². The molecule has 1 N–H and O–H groups in total. The van der Waals surface area contributed by atoms with Crippen molar-refractivity contribution in [1.29, 1.82) is 0 Å². The van der Waals surface area contributed by atoms with Crippen LogP contribution in [0, 0.1) is 5.82 Å². The highest BCUT2D eigenvalue weighted by Crippen LogP contribution is 2.42. The summed E-state index contributed by atoms with van der Waals surface area (Å²) in [6, 6.07) is 13.1. The Morgan fingerprint density at radius 1 is 1.20 bits per heavy atom. The van der Waals surface area contributed by atoms with Crippen molar-refractivity contribution in [2.75, 3.05) is 37.7 Å². The number of hydrogen-bond acceptors (Lipinski definition) is 7. The van der Waals surface area contributed by atoms with Gasteiger partial charge in [0, 0.05) is 62.9 Å². The first-order valence-electron chi connectivity index (χ1n) is 12.9. The molecule has 4 aromatic rings. The van der Waals surface area contributed by atoms with Crippen LogP contribution in [-0.4, -0.2) is 57.1 Å². The van der Waals surface area contributed by atoms with E-state index in [0.717, 1.165) is 24.1 Å². The molecule has 0 saturated carbocycles. The first kappa shape index (κ1) is 28.1. The Bertz CT molecular complexity index is 1630. The summed E-state index contributed by atoms with van der Waals surface area (Å²) in [5, 5.41) is 3.33. The zero-order valence-corrected chi connectivity index (χ0v) is 24.2. The maximum Gasteiger partial charge on any atom is 0.255 e. The van der Waals surface area contributed by atoms with Gasteiger partial charge in [0.1, 0.15) is 17.2 Å². The second-order valence-electron chi connectivity index (χ2n) is 9.79. The van der Waals surface area contributed by atoms with E-state index in [4.69, 9.17) is 4.42 Å². The number of halogens is 1. The topological polar surface area (TPSA) is 95.8 Å². The second-order valence-corrected chi connectivity index (χ2v) is 12.7. The van der Waals surface area contributed by atoms with Crippen molar-refractivity contribution >= 4 is 44.5 Å². The molecule has 11 heteroatoms. The van der Waals surface area contributed by atoms with Gasteiger partial charge in [0.15, 0.2) is 0 Å². The minimum Gasteiger partial charge on any atom is -0.455 e. The highest BCUT2D eigenvalue weighted by atomic mass is 32.2. The lowest BCUT2D eigenvalue weighted by atomic mass is 9.89. The van der Waals surface area contributed by atoms with E-state index in [1.54, 1.807) is 48.0 Å². The monoisotopic (exact) mass is 582 g/mol. The van der Waals surface area contributed by atoms with Crippen LogP contribution in [0.3, 0.4) is 0 Å². The van der Waals surface area contributed by atoms with Crippen LogP contribution in [0.1, 0.15) is 40.2 Å². The summed E-state index contributed by atoms with van der Waals surface area (Å²) in [6.45, 7) is 0.801. The first-order chi connectivity index (χ1) is 19.2. The van der Waals surface area contributed by atoms with Gasteiger partial charge in [0.05, 0.1) is 17.0 Å². The number of fused-ring (bicyclic) bond motifs is 1. The molecule has 2 aromatic heterocycles. The molecule has 2 aromatic carbocycles. The molecule has 0 bridgehead atoms. The zero-order valence-electron chi connectivity index (χ0n) is 22.6. The van der Waals surface area contributed by atoms with Crippen LogP contribution in [0.25, 0.3) is 22.3 Å². The quantitative estimate of drug-likeness (QED) is 0.277. The molecule has 0 spiro atoms. The average Bonchev–Trinajstić information content (AvgIpc) is 3.35. The number of carbonyl (C=O) groups is 1. The lowest BCUT2D eigenvalue weighted by Crippen LogP contribution is -2.40. The van der Waals surface area contributed by atoms with Crippen LogP contribution in [0.2, 0.25) is 0 Å². The van der Waals surface area contributed by atoms with Crippen molar-refractivity contribution in [2.45, 2.75) is 24.5 Å². The van der Waals surface area contributed by atoms with Crippen LogP contribution in [0.4, 0.5) is 10.1 Å². The third-order valence-electron chi connectivity index (χ3n) is 7.33. The number of hydrogen-bond donors (Lipinski definition) is 1. The van der Waals surface area contributed by atoms with Gasteiger partial charge >= 0.3 is 0 Å². The number of pyridine rings is 1. The summed E-state index contributed by atoms with van der Waals surface area (Å²) in [7, 11) is -0.0473. The number of nitrogens with one attached hydrogen (secondary N) is 1. The van der Waals surface area contributed by atoms with Crippen molar-refractivity contribution in [3.63, 3.8) is 0 Å². The third kappa shape index (κ3) is 5.59. The maximum atomic E-state index is 13.6. The molecule has 1 aliphatic heterocycles. The predicted molar refractivity (Wildman–Crippen MR) is 157 cm³/mol. The minimum atomic E-state index is -3.55. The van der Waals surface area contributed by atoms with Gasteiger partial charge in [-0.25, -0.2) is 17.1 Å². The fourth-order valence-corrected chi connectivity index (χ4v) is 7.20. The largest absolute Gasteiger partial charge is 0.455 e. The molecule has 40 heavy (non-hydrogen) atoms. The number of piperidine rings is 1. The molecular weight excluding hydrogens is 551 g/mol. The summed E-state index contributed by atoms with van der Waals surface area (Å²) in [6.07, 6.45) is 6.68. The molecule has 5 rings (SSSR count). The number of rotatable bonds is 8. The molecule has 3 heterocycles. The number of amides is 1. The number of furan rings is 1. The molecule has 1 aliphatic rings. The van der Waals surface area contributed by atoms with Crippen molar-refractivity contribution < 1.29 is 22.0 Å². The van der Waals surface area contributed by atoms with Gasteiger partial charge in [0.25, 0.3) is 5.91 Å². The van der Waals surface area contributed by atoms with Crippen molar-refractivity contribution in [3.05, 3.63) is 83.4 Å². The SMILES string of the molecule is CNC(=O)c1c(-c2ccc(F)cc2)oc2cc(N(C)SC)c([C@H]3CCCN(S(=O)(=O)Cc4ccncc4)C3)cc12. The summed E-state index contributed by atoms with van der Waals surface area (Å²) in [5.74, 6) is -0.512. The summed E-state index contributed by atoms with van der Waals surface area (Å²) in [4.78, 5) is 17.1. The van der Waals surface area contributed by atoms with Crippen LogP contribution in [-0.2, 0) is 15.8 Å². The van der Waals surface area contributed by atoms with E-state index in [-0.39, 0.29) is 23.4 Å². The van der Waals surface area contributed by atoms with Gasteiger partial charge in [-0.1, -0.05) is 11.9 Å². The van der Waals surface area contributed by atoms with E-state index >= 15 is 0 Å². The van der Waals surface area contributed by atoms with Crippen LogP contribution < -0.4 is 9.62 Å². The molecule has 8 nitrogen and oxygen atoms in total. The Kier molecular flexibility index (Phi) is 8.16. The Morgan fingerprint density at radius 2 is 1.93 bits per heavy atom. The first-order valence-corrected chi connectivity index (χ1v) is 15.7. The Balaban J connectivity index is 1.59. The van der Waals surface area contributed by atoms with E-state index in [2.05, 4.69) is 10.3 Å². The number of anilines is 1. The number of nitrogens with zero attached hydrogens (tertiary/aromatic N) is 3. The standard InChI is InChI=1S/C29H31FN4O4S2/c1-31-29(35)27-24-15-23(21-5-4-14-34(17-21)40(36,37)18-19-10-12-32-13-11-19)25(33(2)39-3)16-26(24)38-28(27)20-6-8-22(30)9-7-20/h6-13,15-16,21H,4-5,14,17-18H2,1-3H3,(H,31,35)/t21-/m0/s1. The predicted octanol–water partition coefficient (Wildman–Crippen LogP) is 5.42. The maximum absolute atomic E-state index is 13.6. The minimum absolute atomic E-state index is 0.0809. The molecule has 1 fully saturated rings. The lowest BCUT2D eigenvalue weighted by molar-refractivity contribution is 0.0964. The Hall–Kier alpha value is -3.41. The number of carbonyl (C=O) groups excluding carboxylic acids is 1. The van der Waals surface area contributed by atoms with E-state index in [9.17, 15) is 17.6 Å². The highest BCUT2D eigenvalue weighted by molar-refractivity contribution is 7.99. The number of benzene rings is 2. The van der Waals surface area contributed by atoms with Crippen LogP contribution in [0.15, 0.2) is 65.3 Å². The van der Waals surface area contributed by atoms with Crippen molar-refractivity contribution in [2.24, 2.45) is 0 Å². The summed E-state index contributed by atoms with van der Waals surface area (Å²) < 4.78 is 50.2. The summed E-state index contributed by atoms with van der Waals surface area (Å²) >= 11 is 1.53. The van der Waals surface area contributed by atoms with Crippen LogP contribution >= 0.6 is 11.9 Å². The molecule has 210 valence electrons. The van der Waals surface area contributed by atoms with Crippen LogP contribution in [0.5, 0.6) is 0 Å². The van der Waals surface area contributed by atoms with Crippen molar-refractivity contribution in [1.82, 2.24) is 14.6 Å². The fraction of sp³-hybridized carbons (Fsp3) is 0.310. The van der Waals surface area contributed by atoms with Gasteiger partial charge < -0.3 is 14.0 Å². The fourth-order valence-electron chi connectivity index (χ4n) is 5.23. The van der Waals surface area contributed by atoms with Gasteiger partial charge in [-0.15, -0.1) is 0 Å². The molecular formula is C29H31FN4O4S2. The Labute approximate surface area is 237 Å².